The smallest absolute Gasteiger partial charge is 0.186 e. The summed E-state index contributed by atoms with van der Waals surface area (Å²) in [6.07, 6.45) is -10.4. The number of hydrogen-bond donors (Lipinski definition) is 7. The monoisotopic (exact) mass is 458 g/mol. The lowest BCUT2D eigenvalue weighted by atomic mass is 10.0. The first kappa shape index (κ1) is 25.4. The summed E-state index contributed by atoms with van der Waals surface area (Å²) in [5.41, 5.74) is -1.13. The van der Waals surface area contributed by atoms with Crippen LogP contribution in [-0.4, -0.2) is 123 Å². The zero-order chi connectivity index (χ0) is 21.9. The molecule has 2 fully saturated rings. The van der Waals surface area contributed by atoms with E-state index in [1.165, 1.54) is 0 Å². The highest BCUT2D eigenvalue weighted by molar-refractivity contribution is 8.00. The lowest BCUT2D eigenvalue weighted by Crippen LogP contribution is -2.61. The molecule has 0 spiro atoms. The van der Waals surface area contributed by atoms with Crippen molar-refractivity contribution < 1.29 is 50.0 Å². The van der Waals surface area contributed by atoms with Gasteiger partial charge in [0.1, 0.15) is 36.0 Å². The van der Waals surface area contributed by atoms with E-state index >= 15 is 0 Å². The van der Waals surface area contributed by atoms with Crippen LogP contribution in [0.5, 0.6) is 0 Å². The fraction of sp³-hybridized carbons (Fsp3) is 1.00. The van der Waals surface area contributed by atoms with E-state index in [4.69, 9.17) is 14.2 Å². The number of hydrogen-bond acceptors (Lipinski definition) is 11. The van der Waals surface area contributed by atoms with Crippen molar-refractivity contribution in [1.29, 1.82) is 0 Å². The van der Waals surface area contributed by atoms with Gasteiger partial charge < -0.3 is 50.0 Å². The van der Waals surface area contributed by atoms with Gasteiger partial charge >= 0.3 is 0 Å². The van der Waals surface area contributed by atoms with Gasteiger partial charge in [0.15, 0.2) is 6.29 Å². The summed E-state index contributed by atoms with van der Waals surface area (Å²) in [6.45, 7) is 5.82. The van der Waals surface area contributed by atoms with Crippen LogP contribution in [0.3, 0.4) is 0 Å². The highest BCUT2D eigenvalue weighted by atomic mass is 32.2. The molecular formula is C17H34O10SSi. The average Bonchev–Trinajstić information content (AvgIpc) is 2.66. The maximum absolute atomic E-state index is 10.6. The molecule has 0 bridgehead atoms. The average molecular weight is 459 g/mol. The SMILES string of the molecule is C[Si](C)(C)CCO[C@@H]1O[C@H](CO)[C@H](S[C@H]2O[C@H](CO)[C@H](O)[C@H](O)[C@H]2O)[C@H](O)[C@H]1O. The minimum Gasteiger partial charge on any atom is -0.394 e. The Morgan fingerprint density at radius 3 is 1.97 bits per heavy atom. The molecule has 0 aliphatic carbocycles. The van der Waals surface area contributed by atoms with Crippen LogP contribution in [-0.2, 0) is 14.2 Å². The molecule has 0 aromatic carbocycles. The Morgan fingerprint density at radius 2 is 1.41 bits per heavy atom. The van der Waals surface area contributed by atoms with Gasteiger partial charge in [-0.3, -0.25) is 0 Å². The normalized spacial score (nSPS) is 44.1. The molecule has 2 rings (SSSR count). The molecular weight excluding hydrogens is 424 g/mol. The van der Waals surface area contributed by atoms with Gasteiger partial charge in [-0.05, 0) is 6.04 Å². The lowest BCUT2D eigenvalue weighted by molar-refractivity contribution is -0.267. The van der Waals surface area contributed by atoms with Gasteiger partial charge in [0.2, 0.25) is 0 Å². The van der Waals surface area contributed by atoms with Crippen molar-refractivity contribution in [3.8, 4) is 0 Å². The Hall–Kier alpha value is 0.167. The number of aliphatic hydroxyl groups excluding tert-OH is 7. The summed E-state index contributed by atoms with van der Waals surface area (Å²) in [5.74, 6) is 0. The van der Waals surface area contributed by atoms with Gasteiger partial charge in [-0.15, -0.1) is 11.8 Å². The fourth-order valence-corrected chi connectivity index (χ4v) is 5.39. The molecule has 0 amide bonds. The van der Waals surface area contributed by atoms with Crippen LogP contribution in [0.1, 0.15) is 0 Å². The molecule has 2 aliphatic rings. The van der Waals surface area contributed by atoms with E-state index in [2.05, 4.69) is 19.6 Å². The lowest BCUT2D eigenvalue weighted by Gasteiger charge is -2.45. The summed E-state index contributed by atoms with van der Waals surface area (Å²) >= 11 is 0.851. The molecule has 2 saturated heterocycles. The quantitative estimate of drug-likeness (QED) is 0.195. The summed E-state index contributed by atoms with van der Waals surface area (Å²) < 4.78 is 16.7. The van der Waals surface area contributed by atoms with Gasteiger partial charge in [-0.2, -0.15) is 0 Å². The summed E-state index contributed by atoms with van der Waals surface area (Å²) in [4.78, 5) is 0. The molecule has 10 nitrogen and oxygen atoms in total. The molecule has 12 heteroatoms. The maximum atomic E-state index is 10.6. The summed E-state index contributed by atoms with van der Waals surface area (Å²) in [7, 11) is -1.37. The third-order valence-corrected chi connectivity index (χ3v) is 8.35. The predicted molar refractivity (Wildman–Crippen MR) is 107 cm³/mol. The van der Waals surface area contributed by atoms with Gasteiger partial charge in [-0.1, -0.05) is 19.6 Å². The second-order valence-electron chi connectivity index (χ2n) is 8.69. The number of ether oxygens (including phenoxy) is 3. The van der Waals surface area contributed by atoms with Crippen molar-refractivity contribution in [1.82, 2.24) is 0 Å². The molecule has 0 aromatic heterocycles. The minimum atomic E-state index is -1.56. The van der Waals surface area contributed by atoms with Crippen molar-refractivity contribution >= 4 is 19.8 Å². The van der Waals surface area contributed by atoms with E-state index in [0.29, 0.717) is 6.61 Å². The van der Waals surface area contributed by atoms with Gasteiger partial charge in [-0.25, -0.2) is 0 Å². The first-order valence-corrected chi connectivity index (χ1v) is 14.3. The summed E-state index contributed by atoms with van der Waals surface area (Å²) in [5, 5.41) is 69.1. The molecule has 2 heterocycles. The summed E-state index contributed by atoms with van der Waals surface area (Å²) in [6, 6.07) is 0.836. The molecule has 0 radical (unpaired) electrons. The molecule has 172 valence electrons. The number of thioether (sulfide) groups is 1. The number of rotatable bonds is 8. The Kier molecular flexibility index (Phi) is 9.34. The van der Waals surface area contributed by atoms with Crippen LogP contribution in [0.4, 0.5) is 0 Å². The second-order valence-corrected chi connectivity index (χ2v) is 15.6. The van der Waals surface area contributed by atoms with Crippen molar-refractivity contribution in [2.75, 3.05) is 19.8 Å². The third kappa shape index (κ3) is 6.34. The standard InChI is InChI=1S/C17H34O10SSi/c1-29(2,3)5-4-25-16-13(23)12(22)15(9(7-19)26-16)28-17-14(24)11(21)10(20)8(6-18)27-17/h8-24H,4-7H2,1-3H3/t8-,9-,10+,11+,12-,13-,14-,15+,16-,17-/m1/s1. The van der Waals surface area contributed by atoms with Crippen LogP contribution < -0.4 is 0 Å². The Bertz CT molecular complexity index is 505. The van der Waals surface area contributed by atoms with E-state index in [-0.39, 0.29) is 0 Å². The predicted octanol–water partition coefficient (Wildman–Crippen LogP) is -2.32. The molecule has 29 heavy (non-hydrogen) atoms. The molecule has 2 aliphatic heterocycles. The first-order valence-electron chi connectivity index (χ1n) is 9.70. The molecule has 0 unspecified atom stereocenters. The zero-order valence-corrected chi connectivity index (χ0v) is 18.7. The van der Waals surface area contributed by atoms with Gasteiger partial charge in [0, 0.05) is 14.7 Å². The number of aliphatic hydroxyl groups is 7. The Morgan fingerprint density at radius 1 is 0.793 bits per heavy atom. The van der Waals surface area contributed by atoms with Gasteiger partial charge in [0.05, 0.1) is 30.7 Å². The molecule has 0 aromatic rings. The third-order valence-electron chi connectivity index (χ3n) is 5.09. The zero-order valence-electron chi connectivity index (χ0n) is 16.9. The van der Waals surface area contributed by atoms with Gasteiger partial charge in [0.25, 0.3) is 0 Å². The second kappa shape index (κ2) is 10.7. The van der Waals surface area contributed by atoms with E-state index < -0.39 is 81.0 Å². The maximum Gasteiger partial charge on any atom is 0.186 e. The minimum absolute atomic E-state index is 0.354. The molecule has 0 saturated carbocycles. The highest BCUT2D eigenvalue weighted by Crippen LogP contribution is 2.37. The van der Waals surface area contributed by atoms with Crippen LogP contribution in [0.25, 0.3) is 0 Å². The van der Waals surface area contributed by atoms with Crippen molar-refractivity contribution in [3.63, 3.8) is 0 Å². The van der Waals surface area contributed by atoms with E-state index in [1.54, 1.807) is 0 Å². The fourth-order valence-electron chi connectivity index (χ4n) is 3.17. The van der Waals surface area contributed by atoms with Crippen LogP contribution in [0.2, 0.25) is 25.7 Å². The molecule has 10 atom stereocenters. The largest absolute Gasteiger partial charge is 0.394 e. The van der Waals surface area contributed by atoms with E-state index in [1.807, 2.05) is 0 Å². The Labute approximate surface area is 175 Å². The van der Waals surface area contributed by atoms with Crippen LogP contribution in [0.15, 0.2) is 0 Å². The van der Waals surface area contributed by atoms with Crippen molar-refractivity contribution in [2.45, 2.75) is 85.4 Å². The first-order chi connectivity index (χ1) is 13.5. The molecule has 7 N–H and O–H groups in total. The highest BCUT2D eigenvalue weighted by Gasteiger charge is 2.50. The van der Waals surface area contributed by atoms with E-state index in [9.17, 15) is 35.7 Å². The van der Waals surface area contributed by atoms with Crippen LogP contribution >= 0.6 is 11.8 Å². The Balaban J connectivity index is 2.03. The van der Waals surface area contributed by atoms with E-state index in [0.717, 1.165) is 17.8 Å². The van der Waals surface area contributed by atoms with Crippen molar-refractivity contribution in [3.05, 3.63) is 0 Å². The van der Waals surface area contributed by atoms with Crippen molar-refractivity contribution in [2.24, 2.45) is 0 Å². The topological polar surface area (TPSA) is 169 Å². The van der Waals surface area contributed by atoms with Crippen LogP contribution in [0, 0.1) is 0 Å².